The van der Waals surface area contributed by atoms with Gasteiger partial charge in [-0.15, -0.1) is 0 Å². The van der Waals surface area contributed by atoms with Gasteiger partial charge in [0.2, 0.25) is 10.0 Å². The monoisotopic (exact) mass is 350 g/mol. The Balaban J connectivity index is 1.79. The van der Waals surface area contributed by atoms with Gasteiger partial charge in [0.05, 0.1) is 12.6 Å². The van der Waals surface area contributed by atoms with Gasteiger partial charge in [-0.3, -0.25) is 4.84 Å². The normalized spacial score (nSPS) is 21.9. The summed E-state index contributed by atoms with van der Waals surface area (Å²) in [5, 5.41) is 0.747. The van der Waals surface area contributed by atoms with Gasteiger partial charge in [0.15, 0.2) is 0 Å². The zero-order valence-electron chi connectivity index (χ0n) is 13.2. The summed E-state index contributed by atoms with van der Waals surface area (Å²) in [6.45, 7) is 0.280. The van der Waals surface area contributed by atoms with Crippen LogP contribution in [0.15, 0.2) is 54.6 Å². The second-order valence-corrected chi connectivity index (χ2v) is 7.71. The summed E-state index contributed by atoms with van der Waals surface area (Å²) < 4.78 is 41.2. The number of nitrogens with one attached hydrogen (secondary N) is 1. The minimum absolute atomic E-state index is 0.0582. The molecule has 0 bridgehead atoms. The first kappa shape index (κ1) is 17.0. The molecule has 1 heterocycles. The van der Waals surface area contributed by atoms with Crippen LogP contribution in [0, 0.1) is 5.82 Å². The first-order chi connectivity index (χ1) is 11.5. The van der Waals surface area contributed by atoms with E-state index in [0.29, 0.717) is 5.56 Å². The molecule has 2 aromatic carbocycles. The third-order valence-corrected chi connectivity index (χ3v) is 5.85. The van der Waals surface area contributed by atoms with Crippen LogP contribution < -0.4 is 4.72 Å². The predicted octanol–water partition coefficient (Wildman–Crippen LogP) is 2.23. The second kappa shape index (κ2) is 6.98. The van der Waals surface area contributed by atoms with Crippen LogP contribution >= 0.6 is 0 Å². The zero-order valence-corrected chi connectivity index (χ0v) is 14.0. The van der Waals surface area contributed by atoms with Crippen molar-refractivity contribution < 1.29 is 17.6 Å². The van der Waals surface area contributed by atoms with Gasteiger partial charge in [0.25, 0.3) is 0 Å². The Morgan fingerprint density at radius 2 is 1.83 bits per heavy atom. The smallest absolute Gasteiger partial charge is 0.219 e. The minimum atomic E-state index is -3.61. The highest BCUT2D eigenvalue weighted by molar-refractivity contribution is 7.90. The van der Waals surface area contributed by atoms with Crippen molar-refractivity contribution in [3.8, 4) is 0 Å². The molecule has 1 saturated heterocycles. The molecule has 0 radical (unpaired) electrons. The number of nitrogens with zero attached hydrogens (tertiary/aromatic N) is 1. The minimum Gasteiger partial charge on any atom is -0.297 e. The summed E-state index contributed by atoms with van der Waals surface area (Å²) in [5.41, 5.74) is 1.58. The highest BCUT2D eigenvalue weighted by Crippen LogP contribution is 2.33. The van der Waals surface area contributed by atoms with Gasteiger partial charge in [-0.2, -0.15) is 5.06 Å². The third kappa shape index (κ3) is 3.64. The molecule has 3 rings (SSSR count). The van der Waals surface area contributed by atoms with E-state index in [1.165, 1.54) is 17.2 Å². The molecule has 0 spiro atoms. The first-order valence-electron chi connectivity index (χ1n) is 7.61. The highest BCUT2D eigenvalue weighted by Gasteiger charge is 2.43. The molecule has 2 aromatic rings. The highest BCUT2D eigenvalue weighted by atomic mass is 32.2. The van der Waals surface area contributed by atoms with Crippen molar-refractivity contribution in [2.24, 2.45) is 0 Å². The van der Waals surface area contributed by atoms with Crippen molar-refractivity contribution in [2.75, 3.05) is 13.7 Å². The lowest BCUT2D eigenvalue weighted by Crippen LogP contribution is -2.39. The van der Waals surface area contributed by atoms with Crippen LogP contribution in [0.2, 0.25) is 0 Å². The summed E-state index contributed by atoms with van der Waals surface area (Å²) >= 11 is 0. The Bertz CT molecular complexity index is 781. The Hall–Kier alpha value is -1.80. The van der Waals surface area contributed by atoms with Crippen LogP contribution in [0.3, 0.4) is 0 Å². The Labute approximate surface area is 141 Å². The molecule has 0 amide bonds. The van der Waals surface area contributed by atoms with E-state index in [1.807, 2.05) is 30.3 Å². The maximum absolute atomic E-state index is 13.1. The van der Waals surface area contributed by atoms with Gasteiger partial charge in [-0.1, -0.05) is 42.5 Å². The van der Waals surface area contributed by atoms with Crippen LogP contribution in [0.5, 0.6) is 0 Å². The molecule has 1 aliphatic rings. The molecule has 5 nitrogen and oxygen atoms in total. The number of hydrogen-bond acceptors (Lipinski definition) is 4. The van der Waals surface area contributed by atoms with E-state index in [9.17, 15) is 12.8 Å². The van der Waals surface area contributed by atoms with E-state index in [2.05, 4.69) is 4.72 Å². The van der Waals surface area contributed by atoms with Crippen molar-refractivity contribution in [3.63, 3.8) is 0 Å². The Kier molecular flexibility index (Phi) is 4.96. The molecule has 2 unspecified atom stereocenters. The molecule has 1 fully saturated rings. The molecular weight excluding hydrogens is 331 g/mol. The van der Waals surface area contributed by atoms with Gasteiger partial charge in [-0.25, -0.2) is 17.5 Å². The van der Waals surface area contributed by atoms with Crippen molar-refractivity contribution in [3.05, 3.63) is 71.5 Å². The fraction of sp³-hybridized carbons (Fsp3) is 0.294. The molecule has 1 aliphatic heterocycles. The van der Waals surface area contributed by atoms with Gasteiger partial charge in [0, 0.05) is 13.6 Å². The number of sulfonamides is 1. The number of benzene rings is 2. The number of hydroxylamine groups is 2. The summed E-state index contributed by atoms with van der Waals surface area (Å²) in [5.74, 6) is -0.359. The lowest BCUT2D eigenvalue weighted by molar-refractivity contribution is -0.110. The molecule has 2 atom stereocenters. The summed E-state index contributed by atoms with van der Waals surface area (Å²) in [6, 6.07) is 14.6. The zero-order chi connectivity index (χ0) is 17.2. The fourth-order valence-electron chi connectivity index (χ4n) is 2.83. The number of rotatable bonds is 5. The van der Waals surface area contributed by atoms with E-state index in [4.69, 9.17) is 4.84 Å². The molecular formula is C17H19FN2O3S. The molecule has 0 aromatic heterocycles. The van der Waals surface area contributed by atoms with E-state index >= 15 is 0 Å². The Morgan fingerprint density at radius 1 is 1.17 bits per heavy atom. The third-order valence-electron chi connectivity index (χ3n) is 4.12. The first-order valence-corrected chi connectivity index (χ1v) is 9.15. The molecule has 7 heteroatoms. The largest absolute Gasteiger partial charge is 0.297 e. The van der Waals surface area contributed by atoms with E-state index in [1.54, 1.807) is 19.2 Å². The molecule has 128 valence electrons. The Morgan fingerprint density at radius 3 is 2.50 bits per heavy atom. The van der Waals surface area contributed by atoms with Crippen molar-refractivity contribution in [1.29, 1.82) is 0 Å². The average molecular weight is 350 g/mol. The van der Waals surface area contributed by atoms with Gasteiger partial charge >= 0.3 is 0 Å². The number of hydrogen-bond donors (Lipinski definition) is 1. The quantitative estimate of drug-likeness (QED) is 0.898. The molecule has 1 N–H and O–H groups in total. The van der Waals surface area contributed by atoms with E-state index in [-0.39, 0.29) is 19.0 Å². The topological polar surface area (TPSA) is 58.6 Å². The van der Waals surface area contributed by atoms with Crippen LogP contribution in [0.4, 0.5) is 4.39 Å². The molecule has 0 saturated carbocycles. The fourth-order valence-corrected chi connectivity index (χ4v) is 4.32. The standard InChI is InChI=1S/C17H19FN2O3S/c1-20-17(14-7-9-15(18)10-8-14)16(12-23-20)24(21,22)19-11-13-5-3-2-4-6-13/h2-10,16-17,19H,11-12H2,1H3. The SMILES string of the molecule is CN1OCC(S(=O)(=O)NCc2ccccc2)C1c1ccc(F)cc1. The summed E-state index contributed by atoms with van der Waals surface area (Å²) in [6.07, 6.45) is 0. The second-order valence-electron chi connectivity index (χ2n) is 5.73. The van der Waals surface area contributed by atoms with Gasteiger partial charge in [0.1, 0.15) is 11.1 Å². The lowest BCUT2D eigenvalue weighted by atomic mass is 10.0. The summed E-state index contributed by atoms with van der Waals surface area (Å²) in [4.78, 5) is 5.42. The van der Waals surface area contributed by atoms with E-state index < -0.39 is 21.3 Å². The molecule has 0 aliphatic carbocycles. The van der Waals surface area contributed by atoms with Crippen molar-refractivity contribution >= 4 is 10.0 Å². The predicted molar refractivity (Wildman–Crippen MR) is 88.8 cm³/mol. The maximum Gasteiger partial charge on any atom is 0.219 e. The van der Waals surface area contributed by atoms with Crippen LogP contribution in [0.1, 0.15) is 17.2 Å². The van der Waals surface area contributed by atoms with Crippen LogP contribution in [0.25, 0.3) is 0 Å². The van der Waals surface area contributed by atoms with E-state index in [0.717, 1.165) is 5.56 Å². The van der Waals surface area contributed by atoms with Gasteiger partial charge in [-0.05, 0) is 23.3 Å². The van der Waals surface area contributed by atoms with Crippen molar-refractivity contribution in [2.45, 2.75) is 17.8 Å². The van der Waals surface area contributed by atoms with Crippen LogP contribution in [-0.4, -0.2) is 32.4 Å². The van der Waals surface area contributed by atoms with Crippen LogP contribution in [-0.2, 0) is 21.4 Å². The average Bonchev–Trinajstić information content (AvgIpc) is 2.97. The van der Waals surface area contributed by atoms with Gasteiger partial charge < -0.3 is 0 Å². The maximum atomic E-state index is 13.1. The van der Waals surface area contributed by atoms with Crippen molar-refractivity contribution in [1.82, 2.24) is 9.79 Å². The summed E-state index contributed by atoms with van der Waals surface area (Å²) in [7, 11) is -1.93. The lowest BCUT2D eigenvalue weighted by Gasteiger charge is -2.23. The molecule has 24 heavy (non-hydrogen) atoms. The number of halogens is 1.